The largest absolute Gasteiger partial charge is 0.356 e. The summed E-state index contributed by atoms with van der Waals surface area (Å²) >= 11 is 0. The minimum Gasteiger partial charge on any atom is -0.356 e. The zero-order valence-corrected chi connectivity index (χ0v) is 19.9. The van der Waals surface area contributed by atoms with Gasteiger partial charge in [0, 0.05) is 11.4 Å². The molecule has 0 bridgehead atoms. The second-order valence-corrected chi connectivity index (χ2v) is 9.47. The van der Waals surface area contributed by atoms with Crippen LogP contribution in [0.3, 0.4) is 0 Å². The summed E-state index contributed by atoms with van der Waals surface area (Å²) in [4.78, 5) is 0. The van der Waals surface area contributed by atoms with Gasteiger partial charge in [-0.05, 0) is 68.4 Å². The first-order valence-electron chi connectivity index (χ1n) is 12.5. The highest BCUT2D eigenvalue weighted by Gasteiger charge is 2.45. The minimum atomic E-state index is -0.379. The molecule has 1 aliphatic rings. The van der Waals surface area contributed by atoms with Gasteiger partial charge < -0.3 is 5.32 Å². The van der Waals surface area contributed by atoms with Crippen molar-refractivity contribution in [1.29, 1.82) is 0 Å². The third-order valence-corrected chi connectivity index (χ3v) is 7.49. The van der Waals surface area contributed by atoms with Crippen LogP contribution in [-0.2, 0) is 5.41 Å². The van der Waals surface area contributed by atoms with Crippen LogP contribution in [0.2, 0.25) is 0 Å². The summed E-state index contributed by atoms with van der Waals surface area (Å²) in [5, 5.41) is 6.16. The molecule has 0 heterocycles. The van der Waals surface area contributed by atoms with E-state index in [0.717, 1.165) is 11.4 Å². The number of hydrogen-bond acceptors (Lipinski definition) is 1. The monoisotopic (exact) mass is 459 g/mol. The van der Waals surface area contributed by atoms with Crippen LogP contribution >= 0.6 is 0 Å². The van der Waals surface area contributed by atoms with E-state index >= 15 is 0 Å². The first-order valence-corrected chi connectivity index (χ1v) is 12.5. The molecule has 1 heteroatoms. The lowest BCUT2D eigenvalue weighted by atomic mass is 9.67. The van der Waals surface area contributed by atoms with Crippen molar-refractivity contribution in [2.45, 2.75) is 5.41 Å². The van der Waals surface area contributed by atoms with Crippen molar-refractivity contribution in [3.63, 3.8) is 0 Å². The number of rotatable bonds is 4. The van der Waals surface area contributed by atoms with Crippen molar-refractivity contribution in [2.75, 3.05) is 5.32 Å². The number of benzene rings is 6. The normalized spacial score (nSPS) is 13.2. The molecule has 0 fully saturated rings. The smallest absolute Gasteiger partial charge is 0.0714 e. The van der Waals surface area contributed by atoms with E-state index in [9.17, 15) is 0 Å². The summed E-state index contributed by atoms with van der Waals surface area (Å²) in [5.41, 5.74) is 9.62. The fraction of sp³-hybridized carbons (Fsp3) is 0.0286. The zero-order chi connectivity index (χ0) is 24.0. The topological polar surface area (TPSA) is 12.0 Å². The second kappa shape index (κ2) is 8.25. The number of hydrogen-bond donors (Lipinski definition) is 1. The molecular weight excluding hydrogens is 434 g/mol. The van der Waals surface area contributed by atoms with Crippen LogP contribution < -0.4 is 5.32 Å². The van der Waals surface area contributed by atoms with E-state index < -0.39 is 0 Å². The Labute approximate surface area is 211 Å². The molecule has 6 aromatic carbocycles. The van der Waals surface area contributed by atoms with Crippen LogP contribution in [-0.4, -0.2) is 0 Å². The van der Waals surface area contributed by atoms with Crippen molar-refractivity contribution in [1.82, 2.24) is 0 Å². The van der Waals surface area contributed by atoms with Crippen LogP contribution in [0.1, 0.15) is 22.3 Å². The van der Waals surface area contributed by atoms with Crippen molar-refractivity contribution in [3.05, 3.63) is 168 Å². The van der Waals surface area contributed by atoms with Crippen LogP contribution in [0.4, 0.5) is 11.4 Å². The maximum atomic E-state index is 3.68. The Morgan fingerprint density at radius 2 is 0.972 bits per heavy atom. The highest BCUT2D eigenvalue weighted by atomic mass is 14.9. The van der Waals surface area contributed by atoms with Gasteiger partial charge in [-0.25, -0.2) is 0 Å². The fourth-order valence-electron chi connectivity index (χ4n) is 5.98. The molecule has 7 rings (SSSR count). The van der Waals surface area contributed by atoms with Gasteiger partial charge in [0.25, 0.3) is 0 Å². The Hall–Kier alpha value is -4.62. The van der Waals surface area contributed by atoms with Gasteiger partial charge in [-0.3, -0.25) is 0 Å². The Morgan fingerprint density at radius 1 is 0.389 bits per heavy atom. The van der Waals surface area contributed by atoms with Crippen LogP contribution in [0.15, 0.2) is 146 Å². The second-order valence-electron chi connectivity index (χ2n) is 9.47. The van der Waals surface area contributed by atoms with Gasteiger partial charge in [0.1, 0.15) is 0 Å². The molecule has 0 saturated heterocycles. The average Bonchev–Trinajstić information content (AvgIpc) is 3.25. The number of fused-ring (bicyclic) bond motifs is 4. The van der Waals surface area contributed by atoms with E-state index in [2.05, 4.69) is 151 Å². The SMILES string of the molecule is c1ccc(C2(c3cccc(Nc4ccc5ccccc5c4)c3)c3ccccc3-c3ccccc32)cc1. The molecule has 0 amide bonds. The lowest BCUT2D eigenvalue weighted by Gasteiger charge is -2.34. The first kappa shape index (κ1) is 20.7. The number of anilines is 2. The molecule has 36 heavy (non-hydrogen) atoms. The number of nitrogens with one attached hydrogen (secondary N) is 1. The lowest BCUT2D eigenvalue weighted by molar-refractivity contribution is 0.769. The highest BCUT2D eigenvalue weighted by molar-refractivity contribution is 5.88. The van der Waals surface area contributed by atoms with Gasteiger partial charge in [-0.2, -0.15) is 0 Å². The summed E-state index contributed by atoms with van der Waals surface area (Å²) in [6.07, 6.45) is 0. The predicted molar refractivity (Wildman–Crippen MR) is 151 cm³/mol. The minimum absolute atomic E-state index is 0.379. The van der Waals surface area contributed by atoms with E-state index in [1.54, 1.807) is 0 Å². The van der Waals surface area contributed by atoms with Gasteiger partial charge >= 0.3 is 0 Å². The maximum absolute atomic E-state index is 3.68. The zero-order valence-electron chi connectivity index (χ0n) is 19.9. The van der Waals surface area contributed by atoms with Gasteiger partial charge in [-0.1, -0.05) is 121 Å². The van der Waals surface area contributed by atoms with Gasteiger partial charge in [0.2, 0.25) is 0 Å². The molecule has 0 spiro atoms. The molecule has 1 N–H and O–H groups in total. The third kappa shape index (κ3) is 3.10. The summed E-state index contributed by atoms with van der Waals surface area (Å²) in [6.45, 7) is 0. The molecule has 170 valence electrons. The van der Waals surface area contributed by atoms with E-state index in [4.69, 9.17) is 0 Å². The molecule has 0 radical (unpaired) electrons. The summed E-state index contributed by atoms with van der Waals surface area (Å²) in [5.74, 6) is 0. The first-order chi connectivity index (χ1) is 17.8. The van der Waals surface area contributed by atoms with Gasteiger partial charge in [-0.15, -0.1) is 0 Å². The molecule has 0 aliphatic heterocycles. The average molecular weight is 460 g/mol. The molecule has 0 unspecified atom stereocenters. The van der Waals surface area contributed by atoms with Gasteiger partial charge in [0.05, 0.1) is 5.41 Å². The predicted octanol–water partition coefficient (Wildman–Crippen LogP) is 8.95. The molecule has 0 saturated carbocycles. The summed E-state index contributed by atoms with van der Waals surface area (Å²) in [7, 11) is 0. The molecule has 1 nitrogen and oxygen atoms in total. The molecule has 0 atom stereocenters. The van der Waals surface area contributed by atoms with Crippen molar-refractivity contribution in [3.8, 4) is 11.1 Å². The Balaban J connectivity index is 1.43. The molecule has 0 aromatic heterocycles. The molecule has 6 aromatic rings. The summed E-state index contributed by atoms with van der Waals surface area (Å²) in [6, 6.07) is 52.6. The fourth-order valence-corrected chi connectivity index (χ4v) is 5.98. The van der Waals surface area contributed by atoms with Crippen LogP contribution in [0, 0.1) is 0 Å². The Bertz CT molecular complexity index is 1670. The standard InChI is InChI=1S/C35H25N/c1-2-13-27(14-3-1)35(33-19-8-6-17-31(33)32-18-7-9-20-34(32)35)28-15-10-16-29(24-28)36-30-22-21-25-11-4-5-12-26(25)23-30/h1-24,36H. The van der Waals surface area contributed by atoms with E-state index in [1.165, 1.54) is 44.2 Å². The van der Waals surface area contributed by atoms with Crippen molar-refractivity contribution in [2.24, 2.45) is 0 Å². The summed E-state index contributed by atoms with van der Waals surface area (Å²) < 4.78 is 0. The van der Waals surface area contributed by atoms with Crippen molar-refractivity contribution < 1.29 is 0 Å². The molecular formula is C35H25N. The Kier molecular flexibility index (Phi) is 4.75. The highest BCUT2D eigenvalue weighted by Crippen LogP contribution is 2.56. The maximum Gasteiger partial charge on any atom is 0.0714 e. The quantitative estimate of drug-likeness (QED) is 0.277. The third-order valence-electron chi connectivity index (χ3n) is 7.49. The van der Waals surface area contributed by atoms with E-state index in [1.807, 2.05) is 0 Å². The Morgan fingerprint density at radius 3 is 1.72 bits per heavy atom. The lowest BCUT2D eigenvalue weighted by Crippen LogP contribution is -2.28. The van der Waals surface area contributed by atoms with E-state index in [0.29, 0.717) is 0 Å². The van der Waals surface area contributed by atoms with E-state index in [-0.39, 0.29) is 5.41 Å². The van der Waals surface area contributed by atoms with Crippen molar-refractivity contribution >= 4 is 22.1 Å². The molecule has 1 aliphatic carbocycles. The van der Waals surface area contributed by atoms with Gasteiger partial charge in [0.15, 0.2) is 0 Å². The van der Waals surface area contributed by atoms with Crippen LogP contribution in [0.25, 0.3) is 21.9 Å². The van der Waals surface area contributed by atoms with Crippen LogP contribution in [0.5, 0.6) is 0 Å².